The third-order valence-corrected chi connectivity index (χ3v) is 4.09. The Labute approximate surface area is 145 Å². The number of amides is 1. The number of aliphatic hydroxyl groups excluding tert-OH is 1. The number of aryl methyl sites for hydroxylation is 1. The highest BCUT2D eigenvalue weighted by Crippen LogP contribution is 2.18. The van der Waals surface area contributed by atoms with Crippen molar-refractivity contribution in [2.24, 2.45) is 0 Å². The van der Waals surface area contributed by atoms with Gasteiger partial charge in [0, 0.05) is 11.1 Å². The summed E-state index contributed by atoms with van der Waals surface area (Å²) in [5.41, 5.74) is 3.36. The normalized spacial score (nSPS) is 11.9. The molecule has 3 rings (SSSR count). The van der Waals surface area contributed by atoms with Gasteiger partial charge in [0.15, 0.2) is 5.82 Å². The second kappa shape index (κ2) is 7.72. The van der Waals surface area contributed by atoms with E-state index in [-0.39, 0.29) is 12.5 Å². The van der Waals surface area contributed by atoms with Crippen molar-refractivity contribution < 1.29 is 9.90 Å². The Morgan fingerprint density at radius 3 is 2.68 bits per heavy atom. The largest absolute Gasteiger partial charge is 0.394 e. The Hall–Kier alpha value is -2.99. The van der Waals surface area contributed by atoms with Crippen molar-refractivity contribution in [3.8, 4) is 11.4 Å². The minimum Gasteiger partial charge on any atom is -0.394 e. The molecule has 0 saturated carbocycles. The Kier molecular flexibility index (Phi) is 5.20. The maximum Gasteiger partial charge on any atom is 0.251 e. The number of aromatic amines is 1. The van der Waals surface area contributed by atoms with Gasteiger partial charge >= 0.3 is 0 Å². The van der Waals surface area contributed by atoms with E-state index in [4.69, 9.17) is 0 Å². The van der Waals surface area contributed by atoms with E-state index in [0.29, 0.717) is 11.4 Å². The minimum absolute atomic E-state index is 0.168. The molecule has 6 heteroatoms. The van der Waals surface area contributed by atoms with E-state index >= 15 is 0 Å². The van der Waals surface area contributed by atoms with Crippen LogP contribution < -0.4 is 5.32 Å². The first-order valence-electron chi connectivity index (χ1n) is 8.17. The molecule has 0 spiro atoms. The van der Waals surface area contributed by atoms with Crippen LogP contribution in [0.4, 0.5) is 0 Å². The monoisotopic (exact) mass is 336 g/mol. The van der Waals surface area contributed by atoms with Crippen LogP contribution in [0.3, 0.4) is 0 Å². The van der Waals surface area contributed by atoms with E-state index in [1.807, 2.05) is 30.3 Å². The van der Waals surface area contributed by atoms with E-state index in [0.717, 1.165) is 17.5 Å². The number of hydrogen-bond acceptors (Lipinski definition) is 4. The van der Waals surface area contributed by atoms with Crippen LogP contribution in [0.5, 0.6) is 0 Å². The van der Waals surface area contributed by atoms with E-state index in [1.54, 1.807) is 18.2 Å². The van der Waals surface area contributed by atoms with Crippen LogP contribution in [0.25, 0.3) is 11.4 Å². The van der Waals surface area contributed by atoms with Gasteiger partial charge in [0.2, 0.25) is 0 Å². The Morgan fingerprint density at radius 1 is 1.24 bits per heavy atom. The average Bonchev–Trinajstić information content (AvgIpc) is 3.21. The molecular formula is C19H20N4O2. The van der Waals surface area contributed by atoms with Crippen molar-refractivity contribution >= 4 is 5.91 Å². The zero-order valence-corrected chi connectivity index (χ0v) is 13.9. The molecule has 25 heavy (non-hydrogen) atoms. The second-order valence-corrected chi connectivity index (χ2v) is 5.72. The summed E-state index contributed by atoms with van der Waals surface area (Å²) in [5.74, 6) is 0.350. The molecule has 6 nitrogen and oxygen atoms in total. The number of H-pyrrole nitrogens is 1. The first-order valence-corrected chi connectivity index (χ1v) is 8.17. The lowest BCUT2D eigenvalue weighted by Crippen LogP contribution is -2.30. The highest BCUT2D eigenvalue weighted by atomic mass is 16.3. The van der Waals surface area contributed by atoms with Gasteiger partial charge in [-0.3, -0.25) is 9.89 Å². The number of carbonyl (C=O) groups is 1. The summed E-state index contributed by atoms with van der Waals surface area (Å²) in [6.07, 6.45) is 2.37. The molecule has 128 valence electrons. The van der Waals surface area contributed by atoms with E-state index < -0.39 is 6.04 Å². The summed E-state index contributed by atoms with van der Waals surface area (Å²) in [6.45, 7) is 1.92. The van der Waals surface area contributed by atoms with Crippen LogP contribution >= 0.6 is 0 Å². The predicted molar refractivity (Wildman–Crippen MR) is 94.9 cm³/mol. The van der Waals surface area contributed by atoms with Crippen LogP contribution in [-0.2, 0) is 6.42 Å². The fourth-order valence-corrected chi connectivity index (χ4v) is 2.61. The van der Waals surface area contributed by atoms with E-state index in [9.17, 15) is 9.90 Å². The molecule has 3 N–H and O–H groups in total. The topological polar surface area (TPSA) is 90.9 Å². The molecule has 1 aromatic heterocycles. The lowest BCUT2D eigenvalue weighted by atomic mass is 10.0. The SMILES string of the molecule is CCc1ccc(C(CO)NC(=O)c2cccc(-c3ncn[nH]3)c2)cc1. The van der Waals surface area contributed by atoms with Gasteiger partial charge in [-0.05, 0) is 29.7 Å². The molecule has 0 aliphatic rings. The van der Waals surface area contributed by atoms with Gasteiger partial charge < -0.3 is 10.4 Å². The standard InChI is InChI=1S/C19H20N4O2/c1-2-13-6-8-14(9-7-13)17(11-24)22-19(25)16-5-3-4-15(10-16)18-20-12-21-23-18/h3-10,12,17,24H,2,11H2,1H3,(H,22,25)(H,20,21,23). The zero-order chi connectivity index (χ0) is 17.6. The molecule has 0 fully saturated rings. The van der Waals surface area contributed by atoms with Crippen LogP contribution in [0, 0.1) is 0 Å². The van der Waals surface area contributed by atoms with Gasteiger partial charge in [-0.25, -0.2) is 4.98 Å². The molecule has 0 aliphatic heterocycles. The van der Waals surface area contributed by atoms with Gasteiger partial charge in [-0.2, -0.15) is 5.10 Å². The molecule has 0 aliphatic carbocycles. The molecule has 1 heterocycles. The van der Waals surface area contributed by atoms with Crippen molar-refractivity contribution in [1.29, 1.82) is 0 Å². The van der Waals surface area contributed by atoms with Crippen LogP contribution in [0.15, 0.2) is 54.9 Å². The fourth-order valence-electron chi connectivity index (χ4n) is 2.61. The van der Waals surface area contributed by atoms with Gasteiger partial charge in [0.1, 0.15) is 6.33 Å². The van der Waals surface area contributed by atoms with Crippen molar-refractivity contribution in [2.75, 3.05) is 6.61 Å². The molecule has 0 radical (unpaired) electrons. The highest BCUT2D eigenvalue weighted by molar-refractivity contribution is 5.95. The lowest BCUT2D eigenvalue weighted by molar-refractivity contribution is 0.0916. The van der Waals surface area contributed by atoms with E-state index in [1.165, 1.54) is 11.9 Å². The molecule has 3 aromatic rings. The molecule has 0 saturated heterocycles. The summed E-state index contributed by atoms with van der Waals surface area (Å²) >= 11 is 0. The molecule has 1 atom stereocenters. The highest BCUT2D eigenvalue weighted by Gasteiger charge is 2.15. The number of aromatic nitrogens is 3. The van der Waals surface area contributed by atoms with Gasteiger partial charge in [0.25, 0.3) is 5.91 Å². The Morgan fingerprint density at radius 2 is 2.04 bits per heavy atom. The first-order chi connectivity index (χ1) is 12.2. The van der Waals surface area contributed by atoms with Crippen molar-refractivity contribution in [2.45, 2.75) is 19.4 Å². The third-order valence-electron chi connectivity index (χ3n) is 4.09. The number of nitrogens with zero attached hydrogens (tertiary/aromatic N) is 2. The Balaban J connectivity index is 1.77. The lowest BCUT2D eigenvalue weighted by Gasteiger charge is -2.17. The van der Waals surface area contributed by atoms with Gasteiger partial charge in [0.05, 0.1) is 12.6 Å². The number of rotatable bonds is 6. The van der Waals surface area contributed by atoms with Gasteiger partial charge in [-0.15, -0.1) is 0 Å². The van der Waals surface area contributed by atoms with Crippen LogP contribution in [0.2, 0.25) is 0 Å². The molecule has 1 amide bonds. The summed E-state index contributed by atoms with van der Waals surface area (Å²) < 4.78 is 0. The third kappa shape index (κ3) is 3.92. The summed E-state index contributed by atoms with van der Waals surface area (Å²) in [4.78, 5) is 16.7. The van der Waals surface area contributed by atoms with Crippen LogP contribution in [-0.4, -0.2) is 32.8 Å². The maximum atomic E-state index is 12.6. The molecule has 0 bridgehead atoms. The molecule has 2 aromatic carbocycles. The number of hydrogen-bond donors (Lipinski definition) is 3. The zero-order valence-electron chi connectivity index (χ0n) is 13.9. The minimum atomic E-state index is -0.452. The predicted octanol–water partition coefficient (Wildman–Crippen LogP) is 2.50. The number of carbonyl (C=O) groups excluding carboxylic acids is 1. The number of benzene rings is 2. The Bertz CT molecular complexity index is 829. The quantitative estimate of drug-likeness (QED) is 0.645. The molecular weight excluding hydrogens is 316 g/mol. The van der Waals surface area contributed by atoms with Crippen molar-refractivity contribution in [3.05, 3.63) is 71.5 Å². The fraction of sp³-hybridized carbons (Fsp3) is 0.211. The smallest absolute Gasteiger partial charge is 0.251 e. The first kappa shape index (κ1) is 16.9. The molecule has 1 unspecified atom stereocenters. The van der Waals surface area contributed by atoms with E-state index in [2.05, 4.69) is 27.4 Å². The van der Waals surface area contributed by atoms with Gasteiger partial charge in [-0.1, -0.05) is 43.3 Å². The second-order valence-electron chi connectivity index (χ2n) is 5.72. The summed E-state index contributed by atoms with van der Waals surface area (Å²) in [7, 11) is 0. The van der Waals surface area contributed by atoms with Crippen molar-refractivity contribution in [1.82, 2.24) is 20.5 Å². The maximum absolute atomic E-state index is 12.6. The van der Waals surface area contributed by atoms with Crippen LogP contribution in [0.1, 0.15) is 34.5 Å². The number of aliphatic hydroxyl groups is 1. The average molecular weight is 336 g/mol. The summed E-state index contributed by atoms with van der Waals surface area (Å²) in [5, 5.41) is 19.1. The van der Waals surface area contributed by atoms with Crippen molar-refractivity contribution in [3.63, 3.8) is 0 Å². The number of nitrogens with one attached hydrogen (secondary N) is 2. The summed E-state index contributed by atoms with van der Waals surface area (Å²) in [6, 6.07) is 14.5.